The van der Waals surface area contributed by atoms with E-state index in [1.807, 2.05) is 0 Å². The molecule has 2 aromatic rings. The largest absolute Gasteiger partial charge is 0.346 e. The fourth-order valence-electron chi connectivity index (χ4n) is 3.55. The molecular weight excluding hydrogens is 538 g/mol. The molecule has 0 fully saturated rings. The summed E-state index contributed by atoms with van der Waals surface area (Å²) in [5.41, 5.74) is -1.17. The molecule has 144 valence electrons. The van der Waals surface area contributed by atoms with Gasteiger partial charge in [-0.1, -0.05) is 13.5 Å². The summed E-state index contributed by atoms with van der Waals surface area (Å²) in [5, 5.41) is 22.9. The van der Waals surface area contributed by atoms with E-state index < -0.39 is 21.2 Å². The molecule has 2 aliphatic heterocycles. The molecule has 2 aliphatic rings. The number of aromatic nitrogens is 2. The molecule has 30 heavy (non-hydrogen) atoms. The molecule has 10 heteroatoms. The molecule has 1 unspecified atom stereocenters. The van der Waals surface area contributed by atoms with Crippen LogP contribution in [0.4, 0.5) is 0 Å². The second kappa shape index (κ2) is 9.60. The van der Waals surface area contributed by atoms with Crippen LogP contribution in [-0.2, 0) is 71.1 Å². The molecule has 1 spiro atoms. The van der Waals surface area contributed by atoms with Crippen molar-refractivity contribution in [1.29, 1.82) is 0 Å². The summed E-state index contributed by atoms with van der Waals surface area (Å²) in [6, 6.07) is 10.3. The van der Waals surface area contributed by atoms with Gasteiger partial charge in [-0.2, -0.15) is 26.9 Å². The van der Waals surface area contributed by atoms with Crippen LogP contribution < -0.4 is 9.13 Å². The molecular formula is C20H12N4O4Y2-2. The summed E-state index contributed by atoms with van der Waals surface area (Å²) in [7, 11) is 0. The molecule has 0 aromatic carbocycles. The average Bonchev–Trinajstić information content (AvgIpc) is 3.23. The second-order valence-corrected chi connectivity index (χ2v) is 5.93. The molecule has 0 N–H and O–H groups in total. The predicted molar refractivity (Wildman–Crippen MR) is 92.6 cm³/mol. The van der Waals surface area contributed by atoms with Gasteiger partial charge >= 0.3 is 0 Å². The zero-order valence-electron chi connectivity index (χ0n) is 16.7. The first-order chi connectivity index (χ1) is 13.9. The minimum absolute atomic E-state index is 0. The van der Waals surface area contributed by atoms with Gasteiger partial charge in [0.25, 0.3) is 5.66 Å². The van der Waals surface area contributed by atoms with Crippen molar-refractivity contribution in [1.82, 2.24) is 0 Å². The van der Waals surface area contributed by atoms with E-state index in [2.05, 4.69) is 18.2 Å². The third kappa shape index (κ3) is 3.71. The van der Waals surface area contributed by atoms with E-state index in [1.165, 1.54) is 0 Å². The Hall–Kier alpha value is -1.73. The Kier molecular flexibility index (Phi) is 7.34. The van der Waals surface area contributed by atoms with Gasteiger partial charge < -0.3 is 12.1 Å². The third-order valence-corrected chi connectivity index (χ3v) is 4.49. The minimum atomic E-state index is -1.49. The maximum atomic E-state index is 11.8. The number of hydrogen-bond donors (Lipinski definition) is 0. The summed E-state index contributed by atoms with van der Waals surface area (Å²) in [6.07, 6.45) is 13.8. The molecule has 8 nitrogen and oxygen atoms in total. The van der Waals surface area contributed by atoms with Crippen molar-refractivity contribution in [2.24, 2.45) is 0 Å². The normalized spacial score (nSPS) is 19.6. The van der Waals surface area contributed by atoms with Crippen LogP contribution in [0.25, 0.3) is 0 Å². The van der Waals surface area contributed by atoms with Crippen molar-refractivity contribution in [2.45, 2.75) is 12.6 Å². The molecule has 0 amide bonds. The van der Waals surface area contributed by atoms with Crippen molar-refractivity contribution >= 4 is 0 Å². The SMILES string of the molecule is [3H]C(=[C-]C)C1=[C-]c2cccc[n+]2C12C(C(=[C-][N+](=O)[O-])[N+](=O)[O-])=[C-]c1cccc[n+]12.[Y].[Y]. The summed E-state index contributed by atoms with van der Waals surface area (Å²) < 4.78 is 11.8. The van der Waals surface area contributed by atoms with E-state index >= 15 is 0 Å². The Morgan fingerprint density at radius 3 is 2.17 bits per heavy atom. The third-order valence-electron chi connectivity index (χ3n) is 4.49. The number of pyridine rings is 2. The Morgan fingerprint density at radius 2 is 1.67 bits per heavy atom. The maximum Gasteiger partial charge on any atom is 0.254 e. The monoisotopic (exact) mass is 552 g/mol. The molecule has 0 bridgehead atoms. The van der Waals surface area contributed by atoms with Gasteiger partial charge in [0, 0.05) is 65.4 Å². The van der Waals surface area contributed by atoms with Crippen LogP contribution in [0.2, 0.25) is 0 Å². The Morgan fingerprint density at radius 1 is 1.10 bits per heavy atom. The molecule has 4 heterocycles. The minimum Gasteiger partial charge on any atom is -0.346 e. The maximum absolute atomic E-state index is 11.8. The van der Waals surface area contributed by atoms with Gasteiger partial charge in [0.15, 0.2) is 12.4 Å². The van der Waals surface area contributed by atoms with Crippen molar-refractivity contribution in [2.75, 3.05) is 0 Å². The van der Waals surface area contributed by atoms with E-state index in [4.69, 9.17) is 1.37 Å². The topological polar surface area (TPSA) is 94.0 Å². The molecule has 2 aromatic heterocycles. The zero-order valence-corrected chi connectivity index (χ0v) is 21.4. The molecule has 2 radical (unpaired) electrons. The summed E-state index contributed by atoms with van der Waals surface area (Å²) in [6.45, 7) is 1.55. The zero-order chi connectivity index (χ0) is 20.8. The number of allylic oxidation sites excluding steroid dienone is 4. The second-order valence-electron chi connectivity index (χ2n) is 5.93. The van der Waals surface area contributed by atoms with Crippen molar-refractivity contribution in [3.63, 3.8) is 0 Å². The van der Waals surface area contributed by atoms with Crippen LogP contribution in [-0.4, -0.2) is 9.85 Å². The van der Waals surface area contributed by atoms with Crippen LogP contribution in [0.3, 0.4) is 0 Å². The first-order valence-electron chi connectivity index (χ1n) is 8.67. The van der Waals surface area contributed by atoms with Crippen LogP contribution in [0.5, 0.6) is 0 Å². The average molecular weight is 552 g/mol. The predicted octanol–water partition coefficient (Wildman–Crippen LogP) is 1.22. The Bertz CT molecular complexity index is 1200. The molecule has 0 aliphatic carbocycles. The summed E-state index contributed by atoms with van der Waals surface area (Å²) in [4.78, 5) is 21.0. The number of nitrogens with zero attached hydrogens (tertiary/aromatic N) is 4. The standard InChI is InChI=1S/C20H12N4O4.2Y/c1-2-7-15-12-16-8-3-5-10-21(16)20(15)18(19(24(27)28)14-23(25)26)13-17-9-4-6-11-22(17)20;;/h3-11H,1H3;;/q-2;;/i7T;;. The van der Waals surface area contributed by atoms with E-state index in [1.54, 1.807) is 71.0 Å². The molecule has 4 rings (SSSR count). The summed E-state index contributed by atoms with van der Waals surface area (Å²) >= 11 is 0. The van der Waals surface area contributed by atoms with Gasteiger partial charge in [0.05, 0.1) is 17.1 Å². The fourth-order valence-corrected chi connectivity index (χ4v) is 3.55. The smallest absolute Gasteiger partial charge is 0.254 e. The molecule has 1 atom stereocenters. The first-order valence-corrected chi connectivity index (χ1v) is 8.17. The van der Waals surface area contributed by atoms with E-state index in [0.717, 1.165) is 0 Å². The van der Waals surface area contributed by atoms with Crippen molar-refractivity contribution < 1.29 is 85.8 Å². The van der Waals surface area contributed by atoms with E-state index in [-0.39, 0.29) is 82.6 Å². The quantitative estimate of drug-likeness (QED) is 0.188. The van der Waals surface area contributed by atoms with Crippen molar-refractivity contribution in [3.05, 3.63) is 128 Å². The van der Waals surface area contributed by atoms with Crippen LogP contribution in [0, 0.1) is 44.7 Å². The van der Waals surface area contributed by atoms with Gasteiger partial charge in [-0.25, -0.2) is 0 Å². The van der Waals surface area contributed by atoms with Gasteiger partial charge in [0.2, 0.25) is 0 Å². The molecule has 0 saturated heterocycles. The van der Waals surface area contributed by atoms with Crippen LogP contribution >= 0.6 is 0 Å². The first kappa shape index (κ1) is 22.9. The number of fused-ring (bicyclic) bond motifs is 4. The van der Waals surface area contributed by atoms with Gasteiger partial charge in [-0.3, -0.25) is 20.2 Å². The van der Waals surface area contributed by atoms with E-state index in [0.29, 0.717) is 11.4 Å². The van der Waals surface area contributed by atoms with Crippen LogP contribution in [0.15, 0.2) is 71.7 Å². The van der Waals surface area contributed by atoms with Crippen LogP contribution in [0.1, 0.15) is 19.7 Å². The number of nitro groups is 2. The Labute approximate surface area is 224 Å². The fraction of sp³-hybridized carbons (Fsp3) is 0.100. The van der Waals surface area contributed by atoms with Crippen molar-refractivity contribution in [3.8, 4) is 0 Å². The molecule has 0 saturated carbocycles. The number of hydrogen-bond acceptors (Lipinski definition) is 4. The summed E-state index contributed by atoms with van der Waals surface area (Å²) in [5.74, 6) is 0. The van der Waals surface area contributed by atoms with E-state index in [9.17, 15) is 20.2 Å². The van der Waals surface area contributed by atoms with Gasteiger partial charge in [-0.15, -0.1) is 24.6 Å². The number of rotatable bonds is 4. The van der Waals surface area contributed by atoms with Gasteiger partial charge in [0.1, 0.15) is 6.20 Å². The Balaban J connectivity index is 0.00000171. The van der Waals surface area contributed by atoms with Gasteiger partial charge in [-0.05, 0) is 22.0 Å².